The first-order chi connectivity index (χ1) is 11.2. The number of carbonyl (C=O) groups excluding carboxylic acids is 2. The number of carbonyl (C=O) groups is 2. The summed E-state index contributed by atoms with van der Waals surface area (Å²) in [5, 5.41) is 3.21. The van der Waals surface area contributed by atoms with Crippen molar-refractivity contribution in [3.63, 3.8) is 0 Å². The van der Waals surface area contributed by atoms with Crippen LogP contribution in [0.3, 0.4) is 0 Å². The Bertz CT molecular complexity index is 547. The monoisotopic (exact) mass is 317 g/mol. The van der Waals surface area contributed by atoms with Gasteiger partial charge in [0.15, 0.2) is 6.61 Å². The molecule has 1 aromatic carbocycles. The van der Waals surface area contributed by atoms with Crippen LogP contribution in [0.4, 0.5) is 0 Å². The van der Waals surface area contributed by atoms with Crippen LogP contribution < -0.4 is 10.1 Å². The van der Waals surface area contributed by atoms with Crippen LogP contribution in [0.1, 0.15) is 23.2 Å². The number of piperazine rings is 1. The Hall–Kier alpha value is -2.08. The van der Waals surface area contributed by atoms with Crippen LogP contribution in [0, 0.1) is 0 Å². The molecule has 0 aromatic heterocycles. The number of benzene rings is 1. The van der Waals surface area contributed by atoms with Crippen molar-refractivity contribution < 1.29 is 14.3 Å². The molecular weight excluding hydrogens is 294 g/mol. The summed E-state index contributed by atoms with van der Waals surface area (Å²) in [5.41, 5.74) is 0.674. The second-order valence-electron chi connectivity index (χ2n) is 5.94. The summed E-state index contributed by atoms with van der Waals surface area (Å²) in [6.07, 6.45) is 2.17. The van der Waals surface area contributed by atoms with E-state index in [0.29, 0.717) is 11.3 Å². The maximum atomic E-state index is 12.2. The fourth-order valence-corrected chi connectivity index (χ4v) is 2.95. The van der Waals surface area contributed by atoms with Gasteiger partial charge in [0.2, 0.25) is 0 Å². The average molecular weight is 317 g/mol. The van der Waals surface area contributed by atoms with E-state index >= 15 is 0 Å². The first-order valence-electron chi connectivity index (χ1n) is 8.25. The molecule has 23 heavy (non-hydrogen) atoms. The molecule has 2 amide bonds. The minimum atomic E-state index is 0.00344. The van der Waals surface area contributed by atoms with Crippen molar-refractivity contribution in [3.05, 3.63) is 29.8 Å². The third kappa shape index (κ3) is 4.01. The molecule has 2 saturated heterocycles. The lowest BCUT2D eigenvalue weighted by molar-refractivity contribution is -0.133. The van der Waals surface area contributed by atoms with Crippen LogP contribution in [-0.4, -0.2) is 67.5 Å². The molecule has 2 heterocycles. The Kier molecular flexibility index (Phi) is 5.12. The van der Waals surface area contributed by atoms with Gasteiger partial charge in [-0.1, -0.05) is 0 Å². The van der Waals surface area contributed by atoms with Gasteiger partial charge in [0.05, 0.1) is 0 Å². The van der Waals surface area contributed by atoms with Gasteiger partial charge in [0, 0.05) is 44.8 Å². The van der Waals surface area contributed by atoms with E-state index in [-0.39, 0.29) is 18.4 Å². The fourth-order valence-electron chi connectivity index (χ4n) is 2.95. The van der Waals surface area contributed by atoms with E-state index in [9.17, 15) is 9.59 Å². The van der Waals surface area contributed by atoms with Crippen molar-refractivity contribution in [1.29, 1.82) is 0 Å². The molecule has 3 rings (SSSR count). The molecule has 0 spiro atoms. The highest BCUT2D eigenvalue weighted by atomic mass is 16.5. The maximum absolute atomic E-state index is 12.2. The standard InChI is InChI=1S/C17H23N3O3/c21-16(19-11-7-18-8-12-19)13-23-15-5-3-14(4-6-15)17(22)20-9-1-2-10-20/h3-6,18H,1-2,7-13H2. The summed E-state index contributed by atoms with van der Waals surface area (Å²) in [5.74, 6) is 0.695. The van der Waals surface area contributed by atoms with Gasteiger partial charge < -0.3 is 19.9 Å². The normalized spacial score (nSPS) is 18.1. The molecule has 6 heteroatoms. The molecule has 2 fully saturated rings. The van der Waals surface area contributed by atoms with Crippen molar-refractivity contribution in [3.8, 4) is 5.75 Å². The van der Waals surface area contributed by atoms with Crippen LogP contribution >= 0.6 is 0 Å². The SMILES string of the molecule is O=C(COc1ccc(C(=O)N2CCCC2)cc1)N1CCNCC1. The van der Waals surface area contributed by atoms with Crippen molar-refractivity contribution in [2.24, 2.45) is 0 Å². The minimum absolute atomic E-state index is 0.00344. The topological polar surface area (TPSA) is 61.9 Å². The van der Waals surface area contributed by atoms with Gasteiger partial charge in [0.25, 0.3) is 11.8 Å². The summed E-state index contributed by atoms with van der Waals surface area (Å²) in [6.45, 7) is 4.85. The third-order valence-corrected chi connectivity index (χ3v) is 4.33. The molecule has 124 valence electrons. The minimum Gasteiger partial charge on any atom is -0.484 e. The maximum Gasteiger partial charge on any atom is 0.260 e. The third-order valence-electron chi connectivity index (χ3n) is 4.33. The van der Waals surface area contributed by atoms with Crippen molar-refractivity contribution >= 4 is 11.8 Å². The molecule has 0 aliphatic carbocycles. The molecular formula is C17H23N3O3. The Morgan fingerprint density at radius 3 is 2.26 bits per heavy atom. The predicted octanol–water partition coefficient (Wildman–Crippen LogP) is 0.733. The zero-order valence-corrected chi connectivity index (χ0v) is 13.3. The zero-order chi connectivity index (χ0) is 16.1. The molecule has 0 saturated carbocycles. The molecule has 0 bridgehead atoms. The fraction of sp³-hybridized carbons (Fsp3) is 0.529. The molecule has 0 unspecified atom stereocenters. The van der Waals surface area contributed by atoms with E-state index < -0.39 is 0 Å². The lowest BCUT2D eigenvalue weighted by Crippen LogP contribution is -2.47. The number of nitrogens with zero attached hydrogens (tertiary/aromatic N) is 2. The van der Waals surface area contributed by atoms with Gasteiger partial charge in [-0.05, 0) is 37.1 Å². The molecule has 0 atom stereocenters. The smallest absolute Gasteiger partial charge is 0.260 e. The van der Waals surface area contributed by atoms with Crippen LogP contribution in [0.25, 0.3) is 0 Å². The molecule has 0 radical (unpaired) electrons. The second kappa shape index (κ2) is 7.46. The molecule has 1 aromatic rings. The summed E-state index contributed by atoms with van der Waals surface area (Å²) >= 11 is 0. The largest absolute Gasteiger partial charge is 0.484 e. The summed E-state index contributed by atoms with van der Waals surface area (Å²) < 4.78 is 5.54. The average Bonchev–Trinajstić information content (AvgIpc) is 3.15. The zero-order valence-electron chi connectivity index (χ0n) is 13.3. The van der Waals surface area contributed by atoms with E-state index in [4.69, 9.17) is 4.74 Å². The number of rotatable bonds is 4. The van der Waals surface area contributed by atoms with E-state index in [2.05, 4.69) is 5.32 Å². The van der Waals surface area contributed by atoms with Crippen LogP contribution in [0.15, 0.2) is 24.3 Å². The highest BCUT2D eigenvalue weighted by Crippen LogP contribution is 2.16. The Morgan fingerprint density at radius 1 is 0.957 bits per heavy atom. The lowest BCUT2D eigenvalue weighted by Gasteiger charge is -2.27. The van der Waals surface area contributed by atoms with E-state index in [0.717, 1.165) is 52.1 Å². The molecule has 2 aliphatic heterocycles. The van der Waals surface area contributed by atoms with Gasteiger partial charge in [0.1, 0.15) is 5.75 Å². The van der Waals surface area contributed by atoms with Crippen molar-refractivity contribution in [2.75, 3.05) is 45.9 Å². The Labute approximate surface area is 136 Å². The van der Waals surface area contributed by atoms with Gasteiger partial charge in [-0.2, -0.15) is 0 Å². The van der Waals surface area contributed by atoms with E-state index in [1.165, 1.54) is 0 Å². The van der Waals surface area contributed by atoms with Gasteiger partial charge in [-0.25, -0.2) is 0 Å². The quantitative estimate of drug-likeness (QED) is 0.889. The number of hydrogen-bond donors (Lipinski definition) is 1. The lowest BCUT2D eigenvalue weighted by atomic mass is 10.2. The van der Waals surface area contributed by atoms with Crippen LogP contribution in [0.2, 0.25) is 0 Å². The van der Waals surface area contributed by atoms with E-state index in [1.807, 2.05) is 9.80 Å². The predicted molar refractivity (Wildman–Crippen MR) is 86.5 cm³/mol. The summed E-state index contributed by atoms with van der Waals surface area (Å²) in [7, 11) is 0. The number of nitrogens with one attached hydrogen (secondary N) is 1. The van der Waals surface area contributed by atoms with Crippen molar-refractivity contribution in [1.82, 2.24) is 15.1 Å². The molecule has 1 N–H and O–H groups in total. The molecule has 2 aliphatic rings. The first kappa shape index (κ1) is 15.8. The van der Waals surface area contributed by atoms with Gasteiger partial charge in [-0.3, -0.25) is 9.59 Å². The number of hydrogen-bond acceptors (Lipinski definition) is 4. The van der Waals surface area contributed by atoms with E-state index in [1.54, 1.807) is 24.3 Å². The Balaban J connectivity index is 1.51. The van der Waals surface area contributed by atoms with Crippen LogP contribution in [0.5, 0.6) is 5.75 Å². The number of likely N-dealkylation sites (tertiary alicyclic amines) is 1. The first-order valence-corrected chi connectivity index (χ1v) is 8.25. The summed E-state index contributed by atoms with van der Waals surface area (Å²) in [4.78, 5) is 28.0. The highest BCUT2D eigenvalue weighted by Gasteiger charge is 2.19. The van der Waals surface area contributed by atoms with Crippen molar-refractivity contribution in [2.45, 2.75) is 12.8 Å². The van der Waals surface area contributed by atoms with Gasteiger partial charge >= 0.3 is 0 Å². The highest BCUT2D eigenvalue weighted by molar-refractivity contribution is 5.94. The second-order valence-corrected chi connectivity index (χ2v) is 5.94. The Morgan fingerprint density at radius 2 is 1.61 bits per heavy atom. The summed E-state index contributed by atoms with van der Waals surface area (Å²) in [6, 6.07) is 7.05. The number of amides is 2. The number of ether oxygens (including phenoxy) is 1. The van der Waals surface area contributed by atoms with Crippen LogP contribution in [-0.2, 0) is 4.79 Å². The van der Waals surface area contributed by atoms with Gasteiger partial charge in [-0.15, -0.1) is 0 Å². The molecule has 6 nitrogen and oxygen atoms in total.